The number of hydrogen-bond acceptors (Lipinski definition) is 3. The Balaban J connectivity index is 3.29. The van der Waals surface area contributed by atoms with E-state index in [1.54, 1.807) is 6.92 Å². The summed E-state index contributed by atoms with van der Waals surface area (Å²) in [6.07, 6.45) is -1.28. The molecule has 0 fully saturated rings. The average Bonchev–Trinajstić information content (AvgIpc) is 1.84. The van der Waals surface area contributed by atoms with E-state index in [9.17, 15) is 0 Å². The number of aliphatic hydroxyl groups is 3. The van der Waals surface area contributed by atoms with Gasteiger partial charge >= 0.3 is 0 Å². The van der Waals surface area contributed by atoms with Crippen molar-refractivity contribution in [3.8, 4) is 0 Å². The van der Waals surface area contributed by atoms with Gasteiger partial charge in [-0.05, 0) is 6.42 Å². The molecule has 0 spiro atoms. The van der Waals surface area contributed by atoms with Crippen molar-refractivity contribution in [3.63, 3.8) is 0 Å². The van der Waals surface area contributed by atoms with Gasteiger partial charge in [0.05, 0.1) is 12.7 Å². The molecule has 50 valence electrons. The first kappa shape index (κ1) is 7.88. The summed E-state index contributed by atoms with van der Waals surface area (Å²) in [5.41, 5.74) is 0. The molecule has 3 N–H and O–H groups in total. The molecule has 0 heterocycles. The van der Waals surface area contributed by atoms with Crippen LogP contribution < -0.4 is 0 Å². The highest BCUT2D eigenvalue weighted by Crippen LogP contribution is 1.95. The van der Waals surface area contributed by atoms with Gasteiger partial charge < -0.3 is 15.3 Å². The van der Waals surface area contributed by atoms with Gasteiger partial charge in [0, 0.05) is 0 Å². The highest BCUT2D eigenvalue weighted by atomic mass is 16.4. The molecule has 3 nitrogen and oxygen atoms in total. The van der Waals surface area contributed by atoms with E-state index in [1.165, 1.54) is 0 Å². The quantitative estimate of drug-likeness (QED) is 0.453. The van der Waals surface area contributed by atoms with Crippen molar-refractivity contribution >= 4 is 0 Å². The summed E-state index contributed by atoms with van der Waals surface area (Å²) in [6, 6.07) is 0. The van der Waals surface area contributed by atoms with Gasteiger partial charge in [-0.2, -0.15) is 0 Å². The van der Waals surface area contributed by atoms with Gasteiger partial charge in [0.1, 0.15) is 6.10 Å². The molecule has 1 unspecified atom stereocenters. The van der Waals surface area contributed by atoms with Crippen molar-refractivity contribution in [2.24, 2.45) is 0 Å². The molecule has 0 bridgehead atoms. The van der Waals surface area contributed by atoms with E-state index in [2.05, 4.69) is 0 Å². The summed E-state index contributed by atoms with van der Waals surface area (Å²) >= 11 is 0. The average molecular weight is 120 g/mol. The lowest BCUT2D eigenvalue weighted by Gasteiger charge is -2.11. The minimum absolute atomic E-state index is 0.366. The molecule has 3 heteroatoms. The molecule has 0 saturated carbocycles. The van der Waals surface area contributed by atoms with Crippen LogP contribution >= 0.6 is 0 Å². The Hall–Kier alpha value is -0.120. The van der Waals surface area contributed by atoms with Gasteiger partial charge in [0.2, 0.25) is 0 Å². The first-order chi connectivity index (χ1) is 3.72. The Kier molecular flexibility index (Phi) is 3.77. The topological polar surface area (TPSA) is 60.7 Å². The van der Waals surface area contributed by atoms with Crippen LogP contribution in [0.4, 0.5) is 0 Å². The van der Waals surface area contributed by atoms with Crippen LogP contribution in [-0.4, -0.2) is 34.1 Å². The van der Waals surface area contributed by atoms with E-state index in [0.717, 1.165) is 0 Å². The lowest BCUT2D eigenvalue weighted by molar-refractivity contribution is -0.0151. The van der Waals surface area contributed by atoms with E-state index < -0.39 is 12.2 Å². The number of aliphatic hydroxyl groups excluding tert-OH is 3. The van der Waals surface area contributed by atoms with Crippen molar-refractivity contribution in [2.75, 3.05) is 6.61 Å². The van der Waals surface area contributed by atoms with Gasteiger partial charge in [-0.1, -0.05) is 6.92 Å². The molecule has 0 aromatic carbocycles. The maximum atomic E-state index is 8.72. The summed E-state index contributed by atoms with van der Waals surface area (Å²) < 4.78 is 0. The fourth-order valence-electron chi connectivity index (χ4n) is 0.394. The predicted molar refractivity (Wildman–Crippen MR) is 29.4 cm³/mol. The van der Waals surface area contributed by atoms with Gasteiger partial charge in [0.25, 0.3) is 0 Å². The van der Waals surface area contributed by atoms with Crippen LogP contribution in [0.3, 0.4) is 0 Å². The van der Waals surface area contributed by atoms with E-state index >= 15 is 0 Å². The van der Waals surface area contributed by atoms with Crippen LogP contribution in [0.1, 0.15) is 13.3 Å². The van der Waals surface area contributed by atoms with Crippen molar-refractivity contribution in [1.29, 1.82) is 0 Å². The van der Waals surface area contributed by atoms with Crippen molar-refractivity contribution < 1.29 is 15.3 Å². The number of rotatable bonds is 3. The molecule has 0 aromatic heterocycles. The third-order valence-corrected chi connectivity index (χ3v) is 1.05. The zero-order valence-corrected chi connectivity index (χ0v) is 4.91. The fraction of sp³-hybridized carbons (Fsp3) is 1.00. The molecule has 0 aliphatic carbocycles. The molecule has 0 amide bonds. The molecular weight excluding hydrogens is 108 g/mol. The van der Waals surface area contributed by atoms with Gasteiger partial charge in [-0.3, -0.25) is 0 Å². The lowest BCUT2D eigenvalue weighted by atomic mass is 10.2. The Morgan fingerprint density at radius 3 is 1.88 bits per heavy atom. The second-order valence-electron chi connectivity index (χ2n) is 1.73. The second-order valence-corrected chi connectivity index (χ2v) is 1.73. The Labute approximate surface area is 48.6 Å². The second kappa shape index (κ2) is 3.83. The Bertz CT molecular complexity index is 47.6. The number of hydrogen-bond donors (Lipinski definition) is 3. The van der Waals surface area contributed by atoms with Crippen LogP contribution in [0.25, 0.3) is 0 Å². The summed E-state index contributed by atoms with van der Waals surface area (Å²) in [5.74, 6) is 0. The van der Waals surface area contributed by atoms with Crippen LogP contribution in [0.2, 0.25) is 0 Å². The predicted octanol–water partition coefficient (Wildman–Crippen LogP) is -0.890. The molecule has 0 radical (unpaired) electrons. The Morgan fingerprint density at radius 2 is 1.75 bits per heavy atom. The van der Waals surface area contributed by atoms with E-state index in [4.69, 9.17) is 15.3 Å². The van der Waals surface area contributed by atoms with Crippen molar-refractivity contribution in [1.82, 2.24) is 0 Å². The summed E-state index contributed by atoms with van der Waals surface area (Å²) in [5, 5.41) is 25.6. The van der Waals surface area contributed by atoms with Crippen molar-refractivity contribution in [2.45, 2.75) is 25.6 Å². The van der Waals surface area contributed by atoms with Crippen LogP contribution in [-0.2, 0) is 0 Å². The molecular formula is C5H12O3. The molecule has 2 atom stereocenters. The SMILES string of the molecule is CCC(O)[C@H](O)CO. The minimum atomic E-state index is -0.972. The third kappa shape index (κ3) is 2.26. The van der Waals surface area contributed by atoms with Gasteiger partial charge in [-0.15, -0.1) is 0 Å². The smallest absolute Gasteiger partial charge is 0.103 e. The molecule has 0 aliphatic rings. The maximum Gasteiger partial charge on any atom is 0.103 e. The molecule has 0 saturated heterocycles. The highest BCUT2D eigenvalue weighted by Gasteiger charge is 2.10. The van der Waals surface area contributed by atoms with E-state index in [-0.39, 0.29) is 6.61 Å². The zero-order valence-electron chi connectivity index (χ0n) is 4.91. The van der Waals surface area contributed by atoms with Crippen LogP contribution in [0.5, 0.6) is 0 Å². The van der Waals surface area contributed by atoms with E-state index in [1.807, 2.05) is 0 Å². The normalized spacial score (nSPS) is 18.0. The van der Waals surface area contributed by atoms with Gasteiger partial charge in [-0.25, -0.2) is 0 Å². The lowest BCUT2D eigenvalue weighted by Crippen LogP contribution is -2.28. The van der Waals surface area contributed by atoms with Crippen LogP contribution in [0.15, 0.2) is 0 Å². The first-order valence-electron chi connectivity index (χ1n) is 2.69. The molecule has 0 aromatic rings. The fourth-order valence-corrected chi connectivity index (χ4v) is 0.394. The monoisotopic (exact) mass is 120 g/mol. The maximum absolute atomic E-state index is 8.72. The molecule has 0 aliphatic heterocycles. The zero-order chi connectivity index (χ0) is 6.57. The third-order valence-electron chi connectivity index (χ3n) is 1.05. The summed E-state index contributed by atoms with van der Waals surface area (Å²) in [6.45, 7) is 1.37. The Morgan fingerprint density at radius 1 is 1.25 bits per heavy atom. The standard InChI is InChI=1S/C5H12O3/c1-2-4(7)5(8)3-6/h4-8H,2-3H2,1H3/t4?,5-/m1/s1. The van der Waals surface area contributed by atoms with Gasteiger partial charge in [0.15, 0.2) is 0 Å². The molecule has 8 heavy (non-hydrogen) atoms. The summed E-state index contributed by atoms with van der Waals surface area (Å²) in [4.78, 5) is 0. The summed E-state index contributed by atoms with van der Waals surface area (Å²) in [7, 11) is 0. The van der Waals surface area contributed by atoms with Crippen LogP contribution in [0, 0.1) is 0 Å². The minimum Gasteiger partial charge on any atom is -0.394 e. The van der Waals surface area contributed by atoms with Crippen molar-refractivity contribution in [3.05, 3.63) is 0 Å². The largest absolute Gasteiger partial charge is 0.394 e. The molecule has 0 rings (SSSR count). The van der Waals surface area contributed by atoms with E-state index in [0.29, 0.717) is 6.42 Å². The highest BCUT2D eigenvalue weighted by molar-refractivity contribution is 4.62. The first-order valence-corrected chi connectivity index (χ1v) is 2.69.